The predicted octanol–water partition coefficient (Wildman–Crippen LogP) is 12.7. The fourth-order valence-corrected chi connectivity index (χ4v) is 5.92. The fraction of sp³-hybridized carbons (Fsp3) is 1.00. The molecule has 0 aromatic carbocycles. The van der Waals surface area contributed by atoms with Gasteiger partial charge < -0.3 is 0 Å². The van der Waals surface area contributed by atoms with E-state index in [1.807, 2.05) is 0 Å². The molecule has 0 nitrogen and oxygen atoms in total. The summed E-state index contributed by atoms with van der Waals surface area (Å²) in [5, 5.41) is 0. The molecule has 0 atom stereocenters. The Balaban J connectivity index is 0. The average Bonchev–Trinajstić information content (AvgIpc) is 2.83. The Bertz CT molecular complexity index is 290. The van der Waals surface area contributed by atoms with E-state index in [4.69, 9.17) is 0 Å². The van der Waals surface area contributed by atoms with E-state index < -0.39 is 0 Å². The third kappa shape index (κ3) is 35.4. The first-order valence-electron chi connectivity index (χ1n) is 16.0. The topological polar surface area (TPSA) is 0 Å². The summed E-state index contributed by atoms with van der Waals surface area (Å²) in [7, 11) is 0. The van der Waals surface area contributed by atoms with Crippen molar-refractivity contribution in [2.24, 2.45) is 0 Å². The van der Waals surface area contributed by atoms with Crippen molar-refractivity contribution in [3.63, 3.8) is 0 Å². The summed E-state index contributed by atoms with van der Waals surface area (Å²) in [4.78, 5) is 0. The monoisotopic (exact) mass is 684 g/mol. The van der Waals surface area contributed by atoms with Crippen molar-refractivity contribution in [2.75, 3.05) is 11.5 Å². The van der Waals surface area contributed by atoms with E-state index in [-0.39, 0.29) is 27.7 Å². The van der Waals surface area contributed by atoms with Crippen molar-refractivity contribution in [3.8, 4) is 0 Å². The number of hydrogen-bond acceptors (Lipinski definition) is 1. The molecule has 0 aromatic rings. The molecule has 0 aliphatic carbocycles. The van der Waals surface area contributed by atoms with Gasteiger partial charge in [-0.25, -0.2) is 0 Å². The van der Waals surface area contributed by atoms with Gasteiger partial charge in [-0.05, 0) is 24.3 Å². The van der Waals surface area contributed by atoms with E-state index in [1.165, 1.54) is 191 Å². The van der Waals surface area contributed by atoms with Gasteiger partial charge in [-0.15, -0.1) is 0 Å². The van der Waals surface area contributed by atoms with Crippen molar-refractivity contribution < 1.29 is 27.7 Å². The molecule has 0 aliphatic heterocycles. The molecule has 200 valence electrons. The third-order valence-electron chi connectivity index (χ3n) is 7.28. The molecule has 0 saturated carbocycles. The SMILES string of the molecule is CCCCCCCCCCCCCCCCSCCCCCCCCCCCCCCCC.[Hg+2]. The van der Waals surface area contributed by atoms with Gasteiger partial charge in [0.25, 0.3) is 0 Å². The van der Waals surface area contributed by atoms with Crippen molar-refractivity contribution in [1.82, 2.24) is 0 Å². The van der Waals surface area contributed by atoms with Crippen LogP contribution in [0.3, 0.4) is 0 Å². The largest absolute Gasteiger partial charge is 2.00 e. The maximum Gasteiger partial charge on any atom is 2.00 e. The average molecular weight is 684 g/mol. The number of thioether (sulfide) groups is 1. The zero-order valence-corrected chi connectivity index (χ0v) is 30.6. The van der Waals surface area contributed by atoms with E-state index >= 15 is 0 Å². The van der Waals surface area contributed by atoms with Crippen LogP contribution in [0.25, 0.3) is 0 Å². The molecule has 0 heterocycles. The molecule has 0 rings (SSSR count). The van der Waals surface area contributed by atoms with Crippen LogP contribution in [0, 0.1) is 0 Å². The molecule has 0 fully saturated rings. The van der Waals surface area contributed by atoms with Gasteiger partial charge >= 0.3 is 27.7 Å². The summed E-state index contributed by atoms with van der Waals surface area (Å²) in [5.41, 5.74) is 0. The number of unbranched alkanes of at least 4 members (excludes halogenated alkanes) is 26. The molecule has 0 N–H and O–H groups in total. The van der Waals surface area contributed by atoms with E-state index in [9.17, 15) is 0 Å². The number of hydrogen-bond donors (Lipinski definition) is 0. The number of rotatable bonds is 30. The van der Waals surface area contributed by atoms with E-state index in [0.717, 1.165) is 0 Å². The van der Waals surface area contributed by atoms with Crippen LogP contribution in [0.4, 0.5) is 0 Å². The van der Waals surface area contributed by atoms with Crippen LogP contribution in [-0.4, -0.2) is 11.5 Å². The van der Waals surface area contributed by atoms with Crippen LogP contribution < -0.4 is 0 Å². The van der Waals surface area contributed by atoms with Gasteiger partial charge in [0.2, 0.25) is 0 Å². The van der Waals surface area contributed by atoms with Crippen LogP contribution in [-0.2, 0) is 27.7 Å². The van der Waals surface area contributed by atoms with Crippen LogP contribution in [0.15, 0.2) is 0 Å². The Kier molecular flexibility index (Phi) is 40.1. The smallest absolute Gasteiger partial charge is 0.162 e. The van der Waals surface area contributed by atoms with E-state index in [2.05, 4.69) is 25.6 Å². The zero-order chi connectivity index (χ0) is 23.9. The molecule has 0 aromatic heterocycles. The van der Waals surface area contributed by atoms with Crippen LogP contribution in [0.2, 0.25) is 0 Å². The molecule has 0 unspecified atom stereocenters. The van der Waals surface area contributed by atoms with Crippen molar-refractivity contribution >= 4 is 11.8 Å². The molecule has 0 radical (unpaired) electrons. The van der Waals surface area contributed by atoms with Crippen molar-refractivity contribution in [2.45, 2.75) is 194 Å². The summed E-state index contributed by atoms with van der Waals surface area (Å²) < 4.78 is 0. The van der Waals surface area contributed by atoms with Crippen LogP contribution >= 0.6 is 11.8 Å². The Labute approximate surface area is 243 Å². The minimum atomic E-state index is 0. The molecule has 0 bridgehead atoms. The second kappa shape index (κ2) is 36.4. The van der Waals surface area contributed by atoms with E-state index in [1.54, 1.807) is 0 Å². The first kappa shape index (κ1) is 37.4. The predicted molar refractivity (Wildman–Crippen MR) is 158 cm³/mol. The molecule has 0 saturated heterocycles. The Morgan fingerprint density at radius 2 is 0.441 bits per heavy atom. The Hall–Kier alpha value is 1.29. The summed E-state index contributed by atoms with van der Waals surface area (Å²) in [6, 6.07) is 0. The maximum atomic E-state index is 2.31. The Morgan fingerprint density at radius 3 is 0.647 bits per heavy atom. The minimum Gasteiger partial charge on any atom is -0.162 e. The first-order valence-corrected chi connectivity index (χ1v) is 17.1. The van der Waals surface area contributed by atoms with Gasteiger partial charge in [-0.2, -0.15) is 11.8 Å². The van der Waals surface area contributed by atoms with Gasteiger partial charge in [0.15, 0.2) is 0 Å². The first-order chi connectivity index (χ1) is 16.4. The van der Waals surface area contributed by atoms with Crippen molar-refractivity contribution in [3.05, 3.63) is 0 Å². The fourth-order valence-electron chi connectivity index (χ4n) is 4.90. The van der Waals surface area contributed by atoms with Gasteiger partial charge in [0.05, 0.1) is 0 Å². The third-order valence-corrected chi connectivity index (χ3v) is 8.44. The van der Waals surface area contributed by atoms with Crippen LogP contribution in [0.5, 0.6) is 0 Å². The maximum absolute atomic E-state index is 2.31. The second-order valence-electron chi connectivity index (χ2n) is 10.8. The molecule has 0 aliphatic rings. The molecule has 34 heavy (non-hydrogen) atoms. The Morgan fingerprint density at radius 1 is 0.265 bits per heavy atom. The summed E-state index contributed by atoms with van der Waals surface area (Å²) in [6.45, 7) is 4.61. The minimum absolute atomic E-state index is 0. The van der Waals surface area contributed by atoms with E-state index in [0.29, 0.717) is 0 Å². The quantitative estimate of drug-likeness (QED) is 0.0537. The zero-order valence-electron chi connectivity index (χ0n) is 24.3. The van der Waals surface area contributed by atoms with Gasteiger partial charge in [-0.1, -0.05) is 181 Å². The normalized spacial score (nSPS) is 11.1. The molecular formula is C32H66HgS+2. The van der Waals surface area contributed by atoms with Crippen LogP contribution in [0.1, 0.15) is 194 Å². The standard InChI is InChI=1S/C32H66S.Hg/c1-3-5-7-9-11-13-15-17-19-21-23-25-27-29-31-33-32-30-28-26-24-22-20-18-16-14-12-10-8-6-4-2;/h3-32H2,1-2H3;/q;+2. The van der Waals surface area contributed by atoms with Crippen molar-refractivity contribution in [1.29, 1.82) is 0 Å². The van der Waals surface area contributed by atoms with Gasteiger partial charge in [0, 0.05) is 0 Å². The summed E-state index contributed by atoms with van der Waals surface area (Å²) in [6.07, 6.45) is 41.2. The molecule has 0 spiro atoms. The molecule has 0 amide bonds. The molecule has 2 heteroatoms. The molecular weight excluding hydrogens is 617 g/mol. The second-order valence-corrected chi connectivity index (χ2v) is 12.0. The summed E-state index contributed by atoms with van der Waals surface area (Å²) in [5.74, 6) is 2.83. The van der Waals surface area contributed by atoms with Gasteiger partial charge in [-0.3, -0.25) is 0 Å². The summed E-state index contributed by atoms with van der Waals surface area (Å²) >= 11 is 2.22. The van der Waals surface area contributed by atoms with Gasteiger partial charge in [0.1, 0.15) is 0 Å².